The van der Waals surface area contributed by atoms with Gasteiger partial charge < -0.3 is 16.0 Å². The predicted octanol–water partition coefficient (Wildman–Crippen LogP) is 0.881. The number of carbonyl (C=O) groups is 2. The summed E-state index contributed by atoms with van der Waals surface area (Å²) in [6.07, 6.45) is 0.398. The van der Waals surface area contributed by atoms with Crippen LogP contribution in [0.3, 0.4) is 0 Å². The maximum Gasteiger partial charge on any atom is 0.312 e. The lowest BCUT2D eigenvalue weighted by molar-refractivity contribution is -0.134. The van der Waals surface area contributed by atoms with Gasteiger partial charge in [-0.3, -0.25) is 4.79 Å². The lowest BCUT2D eigenvalue weighted by Gasteiger charge is -2.36. The summed E-state index contributed by atoms with van der Waals surface area (Å²) in [6.45, 7) is 4.01. The Hall–Kier alpha value is -2.27. The second-order valence-electron chi connectivity index (χ2n) is 7.00. The second-order valence-corrected chi connectivity index (χ2v) is 8.93. The van der Waals surface area contributed by atoms with Crippen molar-refractivity contribution in [3.05, 3.63) is 29.8 Å². The van der Waals surface area contributed by atoms with Crippen molar-refractivity contribution in [3.8, 4) is 0 Å². The monoisotopic (exact) mass is 418 g/mol. The number of halogens is 2. The van der Waals surface area contributed by atoms with E-state index in [4.69, 9.17) is 5.73 Å². The highest BCUT2D eigenvalue weighted by Crippen LogP contribution is 2.20. The molecule has 0 spiro atoms. The number of nitrogens with zero attached hydrogens (tertiary/aromatic N) is 2. The van der Waals surface area contributed by atoms with Gasteiger partial charge in [0.1, 0.15) is 6.04 Å². The Morgan fingerprint density at radius 3 is 2.25 bits per heavy atom. The highest BCUT2D eigenvalue weighted by Gasteiger charge is 2.33. The first-order valence-corrected chi connectivity index (χ1v) is 10.3. The topological polar surface area (TPSA) is 113 Å². The molecule has 1 atom stereocenters. The second kappa shape index (κ2) is 8.82. The molecular formula is C17H24F2N4O4S. The van der Waals surface area contributed by atoms with Crippen LogP contribution in [0.15, 0.2) is 23.1 Å². The van der Waals surface area contributed by atoms with Crippen molar-refractivity contribution in [1.82, 2.24) is 14.5 Å². The number of carbonyl (C=O) groups excluding carboxylic acids is 2. The van der Waals surface area contributed by atoms with Gasteiger partial charge in [0.25, 0.3) is 0 Å². The van der Waals surface area contributed by atoms with E-state index in [1.54, 1.807) is 0 Å². The maximum absolute atomic E-state index is 13.4. The van der Waals surface area contributed by atoms with Gasteiger partial charge in [0, 0.05) is 26.2 Å². The fourth-order valence-electron chi connectivity index (χ4n) is 3.02. The van der Waals surface area contributed by atoms with E-state index in [1.807, 2.05) is 13.8 Å². The van der Waals surface area contributed by atoms with Crippen molar-refractivity contribution < 1.29 is 26.8 Å². The van der Waals surface area contributed by atoms with E-state index in [9.17, 15) is 26.8 Å². The number of primary amides is 1. The van der Waals surface area contributed by atoms with Gasteiger partial charge in [-0.25, -0.2) is 22.0 Å². The third-order valence-corrected chi connectivity index (χ3v) is 6.30. The van der Waals surface area contributed by atoms with Crippen LogP contribution in [0.4, 0.5) is 13.6 Å². The van der Waals surface area contributed by atoms with Crippen molar-refractivity contribution in [1.29, 1.82) is 0 Å². The molecule has 0 saturated carbocycles. The minimum absolute atomic E-state index is 0.00195. The van der Waals surface area contributed by atoms with Crippen molar-refractivity contribution in [2.45, 2.75) is 31.2 Å². The number of urea groups is 1. The Balaban J connectivity index is 2.07. The first kappa shape index (κ1) is 22.0. The molecule has 1 aromatic carbocycles. The van der Waals surface area contributed by atoms with E-state index in [1.165, 1.54) is 4.90 Å². The largest absolute Gasteiger partial charge is 0.352 e. The van der Waals surface area contributed by atoms with Gasteiger partial charge >= 0.3 is 6.03 Å². The van der Waals surface area contributed by atoms with E-state index in [0.29, 0.717) is 12.5 Å². The molecule has 8 nitrogen and oxygen atoms in total. The molecule has 3 amide bonds. The number of amides is 3. The first-order valence-electron chi connectivity index (χ1n) is 8.82. The molecule has 1 aliphatic heterocycles. The van der Waals surface area contributed by atoms with E-state index in [0.717, 1.165) is 16.4 Å². The summed E-state index contributed by atoms with van der Waals surface area (Å²) in [5.74, 6) is -2.58. The molecule has 1 aliphatic rings. The van der Waals surface area contributed by atoms with Gasteiger partial charge in [0.05, 0.1) is 4.90 Å². The fourth-order valence-corrected chi connectivity index (χ4v) is 4.45. The normalized spacial score (nSPS) is 16.8. The van der Waals surface area contributed by atoms with Crippen molar-refractivity contribution in [3.63, 3.8) is 0 Å². The third kappa shape index (κ3) is 5.16. The summed E-state index contributed by atoms with van der Waals surface area (Å²) in [4.78, 5) is 25.0. The Morgan fingerprint density at radius 1 is 1.14 bits per heavy atom. The van der Waals surface area contributed by atoms with Crippen molar-refractivity contribution in [2.75, 3.05) is 26.2 Å². The number of hydrogen-bond acceptors (Lipinski definition) is 4. The molecule has 0 aliphatic carbocycles. The molecular weight excluding hydrogens is 394 g/mol. The summed E-state index contributed by atoms with van der Waals surface area (Å²) in [5, 5.41) is 2.43. The molecule has 3 N–H and O–H groups in total. The van der Waals surface area contributed by atoms with Crippen LogP contribution in [0, 0.1) is 17.6 Å². The molecule has 156 valence electrons. The van der Waals surface area contributed by atoms with Crippen LogP contribution in [0.1, 0.15) is 20.3 Å². The third-order valence-electron chi connectivity index (χ3n) is 4.40. The van der Waals surface area contributed by atoms with E-state index < -0.39 is 33.7 Å². The zero-order chi connectivity index (χ0) is 21.1. The Labute approximate surface area is 162 Å². The van der Waals surface area contributed by atoms with Gasteiger partial charge in [-0.05, 0) is 30.5 Å². The summed E-state index contributed by atoms with van der Waals surface area (Å²) < 4.78 is 52.8. The average Bonchev–Trinajstić information content (AvgIpc) is 2.62. The van der Waals surface area contributed by atoms with Crippen LogP contribution < -0.4 is 11.1 Å². The van der Waals surface area contributed by atoms with E-state index in [2.05, 4.69) is 5.32 Å². The first-order chi connectivity index (χ1) is 13.0. The number of nitrogens with two attached hydrogens (primary N) is 1. The maximum atomic E-state index is 13.4. The van der Waals surface area contributed by atoms with Gasteiger partial charge in [0.2, 0.25) is 15.9 Å². The summed E-state index contributed by atoms with van der Waals surface area (Å²) >= 11 is 0. The smallest absolute Gasteiger partial charge is 0.312 e. The van der Waals surface area contributed by atoms with E-state index in [-0.39, 0.29) is 42.9 Å². The molecule has 1 heterocycles. The molecule has 28 heavy (non-hydrogen) atoms. The lowest BCUT2D eigenvalue weighted by Crippen LogP contribution is -2.56. The molecule has 0 unspecified atom stereocenters. The van der Waals surface area contributed by atoms with Gasteiger partial charge in [-0.1, -0.05) is 13.8 Å². The molecule has 1 aromatic rings. The van der Waals surface area contributed by atoms with Gasteiger partial charge in [-0.15, -0.1) is 0 Å². The van der Waals surface area contributed by atoms with Crippen molar-refractivity contribution in [2.24, 2.45) is 11.7 Å². The molecule has 11 heteroatoms. The Morgan fingerprint density at radius 2 is 1.75 bits per heavy atom. The van der Waals surface area contributed by atoms with Crippen LogP contribution in [-0.2, 0) is 14.8 Å². The number of rotatable bonds is 6. The quantitative estimate of drug-likeness (QED) is 0.714. The molecule has 0 radical (unpaired) electrons. The number of sulfonamides is 1. The fraction of sp³-hybridized carbons (Fsp3) is 0.529. The molecule has 2 rings (SSSR count). The zero-order valence-corrected chi connectivity index (χ0v) is 16.5. The molecule has 1 saturated heterocycles. The number of piperazine rings is 1. The van der Waals surface area contributed by atoms with Crippen LogP contribution in [0.5, 0.6) is 0 Å². The average molecular weight is 418 g/mol. The molecule has 0 aromatic heterocycles. The van der Waals surface area contributed by atoms with Crippen LogP contribution in [0.25, 0.3) is 0 Å². The number of benzene rings is 1. The minimum atomic E-state index is -4.01. The molecule has 1 fully saturated rings. The van der Waals surface area contributed by atoms with Crippen LogP contribution in [0.2, 0.25) is 0 Å². The van der Waals surface area contributed by atoms with Crippen LogP contribution >= 0.6 is 0 Å². The van der Waals surface area contributed by atoms with Crippen molar-refractivity contribution >= 4 is 22.0 Å². The Bertz CT molecular complexity index is 840. The highest BCUT2D eigenvalue weighted by atomic mass is 32.2. The number of nitrogens with one attached hydrogen (secondary N) is 1. The molecule has 0 bridgehead atoms. The standard InChI is InChI=1S/C17H24F2N4O4S/c1-11(2)9-15(21-17(20)25)16(24)22-5-7-23(8-6-22)28(26,27)12-3-4-13(18)14(19)10-12/h3-4,10-11,15H,5-9H2,1-2H3,(H3,20,21,25)/t15-/m1/s1. The summed E-state index contributed by atoms with van der Waals surface area (Å²) in [5.41, 5.74) is 5.14. The van der Waals surface area contributed by atoms with Gasteiger partial charge in [0.15, 0.2) is 11.6 Å². The Kier molecular flexibility index (Phi) is 6.94. The highest BCUT2D eigenvalue weighted by molar-refractivity contribution is 7.89. The zero-order valence-electron chi connectivity index (χ0n) is 15.7. The van der Waals surface area contributed by atoms with Gasteiger partial charge in [-0.2, -0.15) is 4.31 Å². The minimum Gasteiger partial charge on any atom is -0.352 e. The number of hydrogen-bond donors (Lipinski definition) is 2. The predicted molar refractivity (Wildman–Crippen MR) is 97.7 cm³/mol. The summed E-state index contributed by atoms with van der Waals surface area (Å²) in [7, 11) is -4.01. The summed E-state index contributed by atoms with van der Waals surface area (Å²) in [6, 6.07) is 0.803. The SMILES string of the molecule is CC(C)C[C@@H](NC(N)=O)C(=O)N1CCN(S(=O)(=O)c2ccc(F)c(F)c2)CC1. The van der Waals surface area contributed by atoms with E-state index >= 15 is 0 Å². The van der Waals surface area contributed by atoms with Crippen LogP contribution in [-0.4, -0.2) is 61.8 Å². The lowest BCUT2D eigenvalue weighted by atomic mass is 10.0.